The number of ether oxygens (including phenoxy) is 3. The lowest BCUT2D eigenvalue weighted by molar-refractivity contribution is -0.168. The van der Waals surface area contributed by atoms with E-state index in [4.69, 9.17) is 14.2 Å². The normalized spacial score (nSPS) is 44.1. The summed E-state index contributed by atoms with van der Waals surface area (Å²) in [7, 11) is 3.61. The van der Waals surface area contributed by atoms with E-state index < -0.39 is 11.9 Å². The van der Waals surface area contributed by atoms with Gasteiger partial charge in [0.25, 0.3) is 0 Å². The van der Waals surface area contributed by atoms with Gasteiger partial charge in [-0.2, -0.15) is 0 Å². The fourth-order valence-electron chi connectivity index (χ4n) is 2.52. The molecular formula is C11H21NO4. The van der Waals surface area contributed by atoms with E-state index >= 15 is 0 Å². The Morgan fingerprint density at radius 3 is 2.62 bits per heavy atom. The molecule has 94 valence electrons. The number of aliphatic hydroxyl groups excluding tert-OH is 1. The van der Waals surface area contributed by atoms with Crippen LogP contribution < -0.4 is 0 Å². The summed E-state index contributed by atoms with van der Waals surface area (Å²) in [5.41, 5.74) is 0. The number of likely N-dealkylation sites (tertiary alicyclic amines) is 1. The summed E-state index contributed by atoms with van der Waals surface area (Å²) in [5, 5.41) is 10.2. The summed E-state index contributed by atoms with van der Waals surface area (Å²) >= 11 is 0. The molecule has 0 aromatic rings. The molecule has 0 aliphatic carbocycles. The predicted octanol–water partition coefficient (Wildman–Crippen LogP) is -0.172. The summed E-state index contributed by atoms with van der Waals surface area (Å²) in [6, 6.07) is 0. The highest BCUT2D eigenvalue weighted by Crippen LogP contribution is 2.33. The Bertz CT molecular complexity index is 258. The number of aliphatic hydroxyl groups is 1. The van der Waals surface area contributed by atoms with Crippen molar-refractivity contribution in [2.24, 2.45) is 0 Å². The lowest BCUT2D eigenvalue weighted by Gasteiger charge is -2.26. The maximum Gasteiger partial charge on any atom is 0.163 e. The van der Waals surface area contributed by atoms with E-state index in [1.807, 2.05) is 20.9 Å². The van der Waals surface area contributed by atoms with Gasteiger partial charge >= 0.3 is 0 Å². The molecule has 4 atom stereocenters. The minimum atomic E-state index is -0.637. The Hall–Kier alpha value is -0.200. The molecule has 1 N–H and O–H groups in total. The fourth-order valence-corrected chi connectivity index (χ4v) is 2.52. The molecule has 2 aliphatic rings. The minimum absolute atomic E-state index is 0.0878. The number of hydrogen-bond donors (Lipinski definition) is 1. The zero-order valence-electron chi connectivity index (χ0n) is 10.3. The highest BCUT2D eigenvalue weighted by molar-refractivity contribution is 4.95. The second-order valence-corrected chi connectivity index (χ2v) is 5.12. The van der Waals surface area contributed by atoms with Crippen LogP contribution in [0.3, 0.4) is 0 Å². The number of fused-ring (bicyclic) bond motifs is 1. The van der Waals surface area contributed by atoms with Crippen molar-refractivity contribution in [1.29, 1.82) is 0 Å². The van der Waals surface area contributed by atoms with E-state index in [0.29, 0.717) is 6.54 Å². The zero-order chi connectivity index (χ0) is 11.9. The summed E-state index contributed by atoms with van der Waals surface area (Å²) in [6.45, 7) is 5.19. The fraction of sp³-hybridized carbons (Fsp3) is 1.00. The van der Waals surface area contributed by atoms with Crippen molar-refractivity contribution in [2.75, 3.05) is 27.2 Å². The summed E-state index contributed by atoms with van der Waals surface area (Å²) < 4.78 is 16.8. The Kier molecular flexibility index (Phi) is 3.25. The first-order valence-electron chi connectivity index (χ1n) is 5.68. The molecule has 0 aromatic carbocycles. The Morgan fingerprint density at radius 2 is 2.00 bits per heavy atom. The third kappa shape index (κ3) is 2.24. The minimum Gasteiger partial charge on any atom is -0.388 e. The average Bonchev–Trinajstić information content (AvgIpc) is 2.43. The predicted molar refractivity (Wildman–Crippen MR) is 58.1 cm³/mol. The van der Waals surface area contributed by atoms with Gasteiger partial charge in [0.2, 0.25) is 0 Å². The van der Waals surface area contributed by atoms with E-state index in [0.717, 1.165) is 6.54 Å². The van der Waals surface area contributed by atoms with Gasteiger partial charge in [0.15, 0.2) is 5.79 Å². The molecule has 0 radical (unpaired) electrons. The van der Waals surface area contributed by atoms with Gasteiger partial charge in [0, 0.05) is 20.2 Å². The topological polar surface area (TPSA) is 51.2 Å². The third-order valence-electron chi connectivity index (χ3n) is 3.23. The maximum absolute atomic E-state index is 10.2. The van der Waals surface area contributed by atoms with Crippen molar-refractivity contribution < 1.29 is 19.3 Å². The second-order valence-electron chi connectivity index (χ2n) is 5.12. The molecule has 2 fully saturated rings. The van der Waals surface area contributed by atoms with Crippen LogP contribution in [0.15, 0.2) is 0 Å². The van der Waals surface area contributed by atoms with Gasteiger partial charge in [-0.05, 0) is 20.9 Å². The summed E-state index contributed by atoms with van der Waals surface area (Å²) in [5.74, 6) is -0.618. The van der Waals surface area contributed by atoms with Gasteiger partial charge in [0.1, 0.15) is 18.3 Å². The Balaban J connectivity index is 2.17. The number of likely N-dealkylation sites (N-methyl/N-ethyl adjacent to an activating group) is 1. The lowest BCUT2D eigenvalue weighted by atomic mass is 10.1. The molecule has 2 aliphatic heterocycles. The van der Waals surface area contributed by atoms with Crippen LogP contribution in [-0.2, 0) is 14.2 Å². The smallest absolute Gasteiger partial charge is 0.163 e. The highest BCUT2D eigenvalue weighted by Gasteiger charge is 2.49. The highest BCUT2D eigenvalue weighted by atomic mass is 16.8. The standard InChI is InChI=1S/C11H21NO4/c1-11(2)15-8-6-12(3)5-7(14-4)9(13)10(8)16-11/h7-10,13H,5-6H2,1-4H3/t7-,8+,9+,10-/m0/s1. The molecule has 0 spiro atoms. The first-order valence-corrected chi connectivity index (χ1v) is 5.68. The SMILES string of the molecule is CO[C@H]1CN(C)C[C@H]2OC(C)(C)O[C@@H]2[C@@H]1O. The van der Waals surface area contributed by atoms with Crippen LogP contribution in [0.2, 0.25) is 0 Å². The van der Waals surface area contributed by atoms with Crippen molar-refractivity contribution in [3.8, 4) is 0 Å². The van der Waals surface area contributed by atoms with Crippen LogP contribution in [-0.4, -0.2) is 67.5 Å². The van der Waals surface area contributed by atoms with E-state index in [2.05, 4.69) is 4.90 Å². The monoisotopic (exact) mass is 231 g/mol. The molecule has 0 amide bonds. The number of hydrogen-bond acceptors (Lipinski definition) is 5. The Morgan fingerprint density at radius 1 is 1.31 bits per heavy atom. The van der Waals surface area contributed by atoms with Crippen LogP contribution >= 0.6 is 0 Å². The second kappa shape index (κ2) is 4.23. The molecule has 0 unspecified atom stereocenters. The van der Waals surface area contributed by atoms with Gasteiger partial charge in [-0.3, -0.25) is 0 Å². The molecule has 0 saturated carbocycles. The van der Waals surface area contributed by atoms with Crippen LogP contribution in [0, 0.1) is 0 Å². The van der Waals surface area contributed by atoms with Crippen LogP contribution in [0.25, 0.3) is 0 Å². The van der Waals surface area contributed by atoms with E-state index in [9.17, 15) is 5.11 Å². The van der Waals surface area contributed by atoms with Crippen molar-refractivity contribution in [3.63, 3.8) is 0 Å². The van der Waals surface area contributed by atoms with Gasteiger partial charge in [-0.25, -0.2) is 0 Å². The lowest BCUT2D eigenvalue weighted by Crippen LogP contribution is -2.43. The molecule has 0 aromatic heterocycles. The van der Waals surface area contributed by atoms with E-state index in [1.54, 1.807) is 7.11 Å². The van der Waals surface area contributed by atoms with Crippen molar-refractivity contribution in [1.82, 2.24) is 4.90 Å². The molecule has 0 bridgehead atoms. The maximum atomic E-state index is 10.2. The molecule has 5 heteroatoms. The van der Waals surface area contributed by atoms with Gasteiger partial charge in [0.05, 0.1) is 6.10 Å². The summed E-state index contributed by atoms with van der Waals surface area (Å²) in [4.78, 5) is 2.10. The molecule has 2 heterocycles. The van der Waals surface area contributed by atoms with Crippen LogP contribution in [0.1, 0.15) is 13.8 Å². The molecular weight excluding hydrogens is 210 g/mol. The average molecular weight is 231 g/mol. The van der Waals surface area contributed by atoms with Crippen molar-refractivity contribution in [2.45, 2.75) is 44.1 Å². The largest absolute Gasteiger partial charge is 0.388 e. The first kappa shape index (κ1) is 12.3. The van der Waals surface area contributed by atoms with Crippen molar-refractivity contribution in [3.05, 3.63) is 0 Å². The number of nitrogens with zero attached hydrogens (tertiary/aromatic N) is 1. The molecule has 16 heavy (non-hydrogen) atoms. The quantitative estimate of drug-likeness (QED) is 0.679. The van der Waals surface area contributed by atoms with Gasteiger partial charge in [-0.15, -0.1) is 0 Å². The van der Waals surface area contributed by atoms with Gasteiger partial charge < -0.3 is 24.2 Å². The zero-order valence-corrected chi connectivity index (χ0v) is 10.3. The summed E-state index contributed by atoms with van der Waals surface area (Å²) in [6.07, 6.45) is -1.25. The van der Waals surface area contributed by atoms with E-state index in [1.165, 1.54) is 0 Å². The van der Waals surface area contributed by atoms with Gasteiger partial charge in [-0.1, -0.05) is 0 Å². The first-order chi connectivity index (χ1) is 7.43. The van der Waals surface area contributed by atoms with Crippen molar-refractivity contribution >= 4 is 0 Å². The van der Waals surface area contributed by atoms with E-state index in [-0.39, 0.29) is 18.3 Å². The van der Waals surface area contributed by atoms with Crippen LogP contribution in [0.4, 0.5) is 0 Å². The molecule has 5 nitrogen and oxygen atoms in total. The molecule has 2 saturated heterocycles. The number of rotatable bonds is 1. The Labute approximate surface area is 96.3 Å². The number of methoxy groups -OCH3 is 1. The third-order valence-corrected chi connectivity index (χ3v) is 3.23. The molecule has 2 rings (SSSR count). The van der Waals surface area contributed by atoms with Crippen LogP contribution in [0.5, 0.6) is 0 Å².